The molecule has 1 saturated heterocycles. The van der Waals surface area contributed by atoms with Crippen molar-refractivity contribution in [2.75, 3.05) is 44.8 Å². The minimum absolute atomic E-state index is 0.158. The lowest BCUT2D eigenvalue weighted by Crippen LogP contribution is -2.19. The Morgan fingerprint density at radius 2 is 2.19 bits per heavy atom. The maximum absolute atomic E-state index is 10.9. The van der Waals surface area contributed by atoms with Crippen LogP contribution in [-0.4, -0.2) is 54.9 Å². The number of nitrogens with one attached hydrogen (secondary N) is 1. The number of anilines is 1. The Morgan fingerprint density at radius 1 is 1.31 bits per heavy atom. The first kappa shape index (κ1) is 17.4. The summed E-state index contributed by atoms with van der Waals surface area (Å²) in [6.07, 6.45) is 1.11. The molecular weight excluding hydrogens is 330 g/mol. The van der Waals surface area contributed by atoms with Crippen LogP contribution in [0.1, 0.15) is 31.9 Å². The zero-order valence-corrected chi connectivity index (χ0v) is 15.5. The van der Waals surface area contributed by atoms with E-state index in [1.807, 2.05) is 4.57 Å². The normalized spacial score (nSPS) is 20.7. The first-order valence-electron chi connectivity index (χ1n) is 9.45. The number of rotatable bonds is 5. The number of hydrogen-bond donors (Lipinski definition) is 2. The summed E-state index contributed by atoms with van der Waals surface area (Å²) in [6.45, 7) is 8.48. The number of hydrogen-bond acceptors (Lipinski definition) is 5. The molecule has 1 unspecified atom stereocenters. The molecule has 0 aliphatic carbocycles. The van der Waals surface area contributed by atoms with Crippen molar-refractivity contribution in [1.82, 2.24) is 4.57 Å². The number of benzene rings is 1. The summed E-state index contributed by atoms with van der Waals surface area (Å²) in [7, 11) is 0. The van der Waals surface area contributed by atoms with Crippen molar-refractivity contribution < 1.29 is 14.6 Å². The van der Waals surface area contributed by atoms with Crippen molar-refractivity contribution >= 4 is 22.3 Å². The second-order valence-electron chi connectivity index (χ2n) is 7.39. The predicted octanol–water partition coefficient (Wildman–Crippen LogP) is 3.20. The highest BCUT2D eigenvalue weighted by atomic mass is 16.5. The highest BCUT2D eigenvalue weighted by Crippen LogP contribution is 2.36. The van der Waals surface area contributed by atoms with E-state index in [0.29, 0.717) is 25.7 Å². The van der Waals surface area contributed by atoms with Crippen LogP contribution >= 0.6 is 0 Å². The molecule has 0 saturated carbocycles. The van der Waals surface area contributed by atoms with Crippen molar-refractivity contribution in [2.24, 2.45) is 10.9 Å². The van der Waals surface area contributed by atoms with Gasteiger partial charge >= 0.3 is 0 Å². The standard InChI is InChI=1S/C20H27N3O3/c1-13(2)23-18-4-3-15(22-10-14-5-7-25-11-14)9-16(18)19(20(23)24)17-12-26-8-6-21-17/h3-4,9,13-14,22,24H,5-8,10-12H2,1-2H3. The second-order valence-corrected chi connectivity index (χ2v) is 7.39. The minimum Gasteiger partial charge on any atom is -0.494 e. The molecule has 2 aliphatic heterocycles. The van der Waals surface area contributed by atoms with Crippen LogP contribution in [0.5, 0.6) is 5.88 Å². The van der Waals surface area contributed by atoms with Crippen LogP contribution in [0.2, 0.25) is 0 Å². The number of nitrogens with zero attached hydrogens (tertiary/aromatic N) is 2. The maximum atomic E-state index is 10.9. The van der Waals surface area contributed by atoms with Crippen molar-refractivity contribution in [1.29, 1.82) is 0 Å². The van der Waals surface area contributed by atoms with Crippen LogP contribution in [0, 0.1) is 5.92 Å². The van der Waals surface area contributed by atoms with E-state index in [4.69, 9.17) is 9.47 Å². The fourth-order valence-corrected chi connectivity index (χ4v) is 3.84. The van der Waals surface area contributed by atoms with Gasteiger partial charge in [-0.15, -0.1) is 0 Å². The van der Waals surface area contributed by atoms with Gasteiger partial charge in [0.1, 0.15) is 0 Å². The average molecular weight is 357 g/mol. The van der Waals surface area contributed by atoms with E-state index in [1.54, 1.807) is 0 Å². The summed E-state index contributed by atoms with van der Waals surface area (Å²) < 4.78 is 13.0. The molecule has 6 nitrogen and oxygen atoms in total. The SMILES string of the molecule is CC(C)n1c(O)c(C2=NCCOC2)c2cc(NCC3CCOC3)ccc21. The molecule has 0 spiro atoms. The molecule has 4 rings (SSSR count). The van der Waals surface area contributed by atoms with E-state index >= 15 is 0 Å². The Labute approximate surface area is 153 Å². The molecular formula is C20H27N3O3. The topological polar surface area (TPSA) is 68.0 Å². The zero-order valence-electron chi connectivity index (χ0n) is 15.5. The van der Waals surface area contributed by atoms with Crippen molar-refractivity contribution in [3.05, 3.63) is 23.8 Å². The Morgan fingerprint density at radius 3 is 2.88 bits per heavy atom. The molecule has 1 fully saturated rings. The number of fused-ring (bicyclic) bond motifs is 1. The predicted molar refractivity (Wildman–Crippen MR) is 104 cm³/mol. The van der Waals surface area contributed by atoms with Gasteiger partial charge in [-0.2, -0.15) is 0 Å². The van der Waals surface area contributed by atoms with E-state index < -0.39 is 0 Å². The lowest BCUT2D eigenvalue weighted by molar-refractivity contribution is 0.171. The first-order valence-corrected chi connectivity index (χ1v) is 9.45. The highest BCUT2D eigenvalue weighted by Gasteiger charge is 2.24. The van der Waals surface area contributed by atoms with Crippen LogP contribution < -0.4 is 5.32 Å². The van der Waals surface area contributed by atoms with Crippen LogP contribution in [0.4, 0.5) is 5.69 Å². The Balaban J connectivity index is 1.73. The molecule has 26 heavy (non-hydrogen) atoms. The number of aromatic nitrogens is 1. The molecule has 2 aliphatic rings. The fraction of sp³-hybridized carbons (Fsp3) is 0.550. The summed E-state index contributed by atoms with van der Waals surface area (Å²) in [5, 5.41) is 15.5. The first-order chi connectivity index (χ1) is 12.6. The fourth-order valence-electron chi connectivity index (χ4n) is 3.84. The van der Waals surface area contributed by atoms with Crippen LogP contribution in [0.15, 0.2) is 23.2 Å². The average Bonchev–Trinajstić information content (AvgIpc) is 3.25. The van der Waals surface area contributed by atoms with Crippen LogP contribution in [-0.2, 0) is 9.47 Å². The van der Waals surface area contributed by atoms with Gasteiger partial charge in [-0.1, -0.05) is 0 Å². The summed E-state index contributed by atoms with van der Waals surface area (Å²) in [5.74, 6) is 0.843. The molecule has 2 aromatic rings. The van der Waals surface area contributed by atoms with Gasteiger partial charge < -0.3 is 24.5 Å². The molecule has 1 aromatic heterocycles. The van der Waals surface area contributed by atoms with Crippen LogP contribution in [0.3, 0.4) is 0 Å². The molecule has 140 valence electrons. The van der Waals surface area contributed by atoms with Crippen molar-refractivity contribution in [2.45, 2.75) is 26.3 Å². The third-order valence-corrected chi connectivity index (χ3v) is 5.18. The summed E-state index contributed by atoms with van der Waals surface area (Å²) in [6, 6.07) is 6.44. The van der Waals surface area contributed by atoms with Gasteiger partial charge in [0.2, 0.25) is 5.88 Å². The molecule has 0 radical (unpaired) electrons. The summed E-state index contributed by atoms with van der Waals surface area (Å²) in [5.41, 5.74) is 3.72. The number of aliphatic imine (C=N–C) groups is 1. The van der Waals surface area contributed by atoms with Crippen molar-refractivity contribution in [3.8, 4) is 5.88 Å². The van der Waals surface area contributed by atoms with E-state index in [9.17, 15) is 5.11 Å². The second kappa shape index (κ2) is 7.29. The van der Waals surface area contributed by atoms with E-state index in [0.717, 1.165) is 54.0 Å². The number of aromatic hydroxyl groups is 1. The van der Waals surface area contributed by atoms with Crippen LogP contribution in [0.25, 0.3) is 10.9 Å². The quantitative estimate of drug-likeness (QED) is 0.862. The Kier molecular flexibility index (Phi) is 4.87. The number of ether oxygens (including phenoxy) is 2. The van der Waals surface area contributed by atoms with Gasteiger partial charge in [-0.05, 0) is 38.5 Å². The molecule has 3 heterocycles. The summed E-state index contributed by atoms with van der Waals surface area (Å²) >= 11 is 0. The van der Waals surface area contributed by atoms with Gasteiger partial charge in [0.05, 0.1) is 43.2 Å². The molecule has 1 atom stereocenters. The third kappa shape index (κ3) is 3.19. The van der Waals surface area contributed by atoms with E-state index in [-0.39, 0.29) is 11.9 Å². The molecule has 0 bridgehead atoms. The molecule has 1 aromatic carbocycles. The Hall–Kier alpha value is -2.05. The minimum atomic E-state index is 0.158. The summed E-state index contributed by atoms with van der Waals surface area (Å²) in [4.78, 5) is 4.60. The lowest BCUT2D eigenvalue weighted by Gasteiger charge is -2.14. The molecule has 0 amide bonds. The largest absolute Gasteiger partial charge is 0.494 e. The van der Waals surface area contributed by atoms with Gasteiger partial charge in [0, 0.05) is 36.2 Å². The maximum Gasteiger partial charge on any atom is 0.201 e. The van der Waals surface area contributed by atoms with Crippen molar-refractivity contribution in [3.63, 3.8) is 0 Å². The smallest absolute Gasteiger partial charge is 0.201 e. The van der Waals surface area contributed by atoms with Gasteiger partial charge in [0.15, 0.2) is 0 Å². The van der Waals surface area contributed by atoms with Gasteiger partial charge in [-0.3, -0.25) is 4.99 Å². The van der Waals surface area contributed by atoms with E-state index in [1.165, 1.54) is 0 Å². The van der Waals surface area contributed by atoms with Gasteiger partial charge in [-0.25, -0.2) is 0 Å². The zero-order chi connectivity index (χ0) is 18.1. The highest BCUT2D eigenvalue weighted by molar-refractivity contribution is 6.14. The Bertz CT molecular complexity index is 819. The monoisotopic (exact) mass is 357 g/mol. The van der Waals surface area contributed by atoms with E-state index in [2.05, 4.69) is 42.4 Å². The lowest BCUT2D eigenvalue weighted by atomic mass is 10.1. The van der Waals surface area contributed by atoms with Gasteiger partial charge in [0.25, 0.3) is 0 Å². The molecule has 2 N–H and O–H groups in total. The molecule has 6 heteroatoms. The third-order valence-electron chi connectivity index (χ3n) is 5.18.